The number of carbonyl (C=O) groups is 2. The van der Waals surface area contributed by atoms with Crippen LogP contribution >= 0.6 is 23.1 Å². The van der Waals surface area contributed by atoms with Crippen LogP contribution in [0.2, 0.25) is 0 Å². The quantitative estimate of drug-likeness (QED) is 0.390. The van der Waals surface area contributed by atoms with Crippen LogP contribution in [-0.4, -0.2) is 46.3 Å². The normalized spacial score (nSPS) is 13.6. The maximum Gasteiger partial charge on any atom is 0.268 e. The fourth-order valence-electron chi connectivity index (χ4n) is 3.76. The van der Waals surface area contributed by atoms with Crippen LogP contribution in [0.4, 0.5) is 5.69 Å². The van der Waals surface area contributed by atoms with Gasteiger partial charge in [0.05, 0.1) is 18.4 Å². The molecule has 172 valence electrons. The van der Waals surface area contributed by atoms with Crippen molar-refractivity contribution in [3.8, 4) is 22.0 Å². The molecular weight excluding hydrogens is 466 g/mol. The van der Waals surface area contributed by atoms with Crippen LogP contribution in [0.15, 0.2) is 77.4 Å². The molecule has 2 amide bonds. The Labute approximate surface area is 206 Å². The zero-order valence-corrected chi connectivity index (χ0v) is 20.0. The summed E-state index contributed by atoms with van der Waals surface area (Å²) in [5.41, 5.74) is 3.09. The number of hydrogen-bond donors (Lipinski definition) is 1. The van der Waals surface area contributed by atoms with E-state index in [-0.39, 0.29) is 11.8 Å². The third-order valence-electron chi connectivity index (χ3n) is 5.54. The van der Waals surface area contributed by atoms with Crippen LogP contribution in [-0.2, 0) is 11.2 Å². The lowest BCUT2D eigenvalue weighted by Gasteiger charge is -2.26. The lowest BCUT2D eigenvalue weighted by molar-refractivity contribution is -0.130. The Bertz CT molecular complexity index is 1260. The average molecular weight is 490 g/mol. The van der Waals surface area contributed by atoms with Gasteiger partial charge in [0.2, 0.25) is 5.91 Å². The van der Waals surface area contributed by atoms with Crippen molar-refractivity contribution in [2.75, 3.05) is 29.9 Å². The van der Waals surface area contributed by atoms with E-state index >= 15 is 0 Å². The van der Waals surface area contributed by atoms with E-state index in [0.717, 1.165) is 35.7 Å². The van der Waals surface area contributed by atoms with Crippen molar-refractivity contribution in [2.24, 2.45) is 0 Å². The average Bonchev–Trinajstić information content (AvgIpc) is 3.57. The van der Waals surface area contributed by atoms with Gasteiger partial charge in [0.25, 0.3) is 5.91 Å². The smallest absolute Gasteiger partial charge is 0.268 e. The predicted molar refractivity (Wildman–Crippen MR) is 137 cm³/mol. The number of carbonyl (C=O) groups excluding carboxylic acids is 2. The molecule has 0 unspecified atom stereocenters. The zero-order chi connectivity index (χ0) is 23.3. The maximum atomic E-state index is 13.2. The summed E-state index contributed by atoms with van der Waals surface area (Å²) in [5, 5.41) is 3.63. The molecule has 2 aromatic carbocycles. The Morgan fingerprint density at radius 1 is 0.971 bits per heavy atom. The van der Waals surface area contributed by atoms with E-state index in [1.807, 2.05) is 77.3 Å². The third kappa shape index (κ3) is 5.08. The Kier molecular flexibility index (Phi) is 6.78. The second-order valence-corrected chi connectivity index (χ2v) is 10.1. The highest BCUT2D eigenvalue weighted by Gasteiger charge is 2.22. The van der Waals surface area contributed by atoms with Crippen LogP contribution in [0.3, 0.4) is 0 Å². The summed E-state index contributed by atoms with van der Waals surface area (Å²) in [6.45, 7) is 1.63. The van der Waals surface area contributed by atoms with E-state index in [0.29, 0.717) is 33.4 Å². The van der Waals surface area contributed by atoms with Crippen LogP contribution in [0, 0.1) is 0 Å². The molecule has 6 nitrogen and oxygen atoms in total. The number of nitrogens with zero attached hydrogens (tertiary/aromatic N) is 2. The molecule has 1 aliphatic heterocycles. The molecule has 4 aromatic rings. The molecule has 0 saturated carbocycles. The molecule has 0 bridgehead atoms. The summed E-state index contributed by atoms with van der Waals surface area (Å²) in [5.74, 6) is 2.55. The molecule has 0 aliphatic carbocycles. The second kappa shape index (κ2) is 10.3. The van der Waals surface area contributed by atoms with E-state index in [1.165, 1.54) is 11.3 Å². The summed E-state index contributed by atoms with van der Waals surface area (Å²) in [4.78, 5) is 32.9. The standard InChI is InChI=1S/C26H23N3O3S2/c30-22(29-12-15-33-16-13-29)17-18-8-10-20(11-9-18)27-25(31)24-23(19-5-2-1-3-6-19)28-26(34-24)21-7-4-14-32-21/h1-11,14H,12-13,15-17H2,(H,27,31). The predicted octanol–water partition coefficient (Wildman–Crippen LogP) is 5.44. The fraction of sp³-hybridized carbons (Fsp3) is 0.192. The van der Waals surface area contributed by atoms with Gasteiger partial charge < -0.3 is 14.6 Å². The SMILES string of the molecule is O=C(Nc1ccc(CC(=O)N2CCSCC2)cc1)c1sc(-c2ccco2)nc1-c1ccccc1. The molecule has 1 N–H and O–H groups in total. The van der Waals surface area contributed by atoms with Gasteiger partial charge in [-0.3, -0.25) is 9.59 Å². The highest BCUT2D eigenvalue weighted by atomic mass is 32.2. The Hall–Kier alpha value is -3.36. The minimum atomic E-state index is -0.233. The van der Waals surface area contributed by atoms with Crippen molar-refractivity contribution in [3.63, 3.8) is 0 Å². The number of thiazole rings is 1. The number of amides is 2. The van der Waals surface area contributed by atoms with Crippen molar-refractivity contribution < 1.29 is 14.0 Å². The van der Waals surface area contributed by atoms with Gasteiger partial charge in [-0.15, -0.1) is 11.3 Å². The highest BCUT2D eigenvalue weighted by Crippen LogP contribution is 2.34. The second-order valence-electron chi connectivity index (χ2n) is 7.86. The summed E-state index contributed by atoms with van der Waals surface area (Å²) < 4.78 is 5.49. The number of thioether (sulfide) groups is 1. The first-order valence-corrected chi connectivity index (χ1v) is 13.0. The Morgan fingerprint density at radius 3 is 2.44 bits per heavy atom. The maximum absolute atomic E-state index is 13.2. The minimum Gasteiger partial charge on any atom is -0.462 e. The molecule has 1 fully saturated rings. The minimum absolute atomic E-state index is 0.153. The first-order chi connectivity index (χ1) is 16.7. The van der Waals surface area contributed by atoms with Gasteiger partial charge in [-0.05, 0) is 29.8 Å². The van der Waals surface area contributed by atoms with Crippen molar-refractivity contribution in [3.05, 3.63) is 83.4 Å². The molecule has 1 aliphatic rings. The molecule has 0 spiro atoms. The number of anilines is 1. The van der Waals surface area contributed by atoms with E-state index in [1.54, 1.807) is 12.3 Å². The largest absolute Gasteiger partial charge is 0.462 e. The number of hydrogen-bond acceptors (Lipinski definition) is 6. The zero-order valence-electron chi connectivity index (χ0n) is 18.4. The van der Waals surface area contributed by atoms with E-state index < -0.39 is 0 Å². The Morgan fingerprint density at radius 2 is 1.74 bits per heavy atom. The molecular formula is C26H23N3O3S2. The van der Waals surface area contributed by atoms with Gasteiger partial charge in [0.1, 0.15) is 4.88 Å². The number of nitrogens with one attached hydrogen (secondary N) is 1. The molecule has 8 heteroatoms. The van der Waals surface area contributed by atoms with Crippen molar-refractivity contribution in [2.45, 2.75) is 6.42 Å². The van der Waals surface area contributed by atoms with Crippen LogP contribution in [0.25, 0.3) is 22.0 Å². The first kappa shape index (κ1) is 22.4. The summed E-state index contributed by atoms with van der Waals surface area (Å²) in [6.07, 6.45) is 1.97. The number of aromatic nitrogens is 1. The molecule has 34 heavy (non-hydrogen) atoms. The van der Waals surface area contributed by atoms with E-state index in [9.17, 15) is 9.59 Å². The van der Waals surface area contributed by atoms with Gasteiger partial charge in [0.15, 0.2) is 10.8 Å². The summed E-state index contributed by atoms with van der Waals surface area (Å²) in [7, 11) is 0. The summed E-state index contributed by atoms with van der Waals surface area (Å²) >= 11 is 3.18. The van der Waals surface area contributed by atoms with Gasteiger partial charge in [0, 0.05) is 35.8 Å². The van der Waals surface area contributed by atoms with E-state index in [2.05, 4.69) is 5.32 Å². The third-order valence-corrected chi connectivity index (χ3v) is 7.55. The monoisotopic (exact) mass is 489 g/mol. The van der Waals surface area contributed by atoms with Crippen LogP contribution in [0.5, 0.6) is 0 Å². The Balaban J connectivity index is 1.32. The fourth-order valence-corrected chi connectivity index (χ4v) is 5.62. The number of benzene rings is 2. The topological polar surface area (TPSA) is 75.4 Å². The van der Waals surface area contributed by atoms with Crippen LogP contribution < -0.4 is 5.32 Å². The molecule has 1 saturated heterocycles. The van der Waals surface area contributed by atoms with Crippen molar-refractivity contribution in [1.29, 1.82) is 0 Å². The first-order valence-electron chi connectivity index (χ1n) is 11.0. The molecule has 2 aromatic heterocycles. The molecule has 3 heterocycles. The number of rotatable bonds is 6. The molecule has 0 atom stereocenters. The van der Waals surface area contributed by atoms with Gasteiger partial charge in [-0.2, -0.15) is 11.8 Å². The highest BCUT2D eigenvalue weighted by molar-refractivity contribution is 7.99. The van der Waals surface area contributed by atoms with Gasteiger partial charge in [-0.1, -0.05) is 42.5 Å². The van der Waals surface area contributed by atoms with Crippen LogP contribution in [0.1, 0.15) is 15.2 Å². The lowest BCUT2D eigenvalue weighted by atomic mass is 10.1. The van der Waals surface area contributed by atoms with Gasteiger partial charge in [-0.25, -0.2) is 4.98 Å². The van der Waals surface area contributed by atoms with Crippen molar-refractivity contribution >= 4 is 40.6 Å². The number of furan rings is 1. The lowest BCUT2D eigenvalue weighted by Crippen LogP contribution is -2.38. The van der Waals surface area contributed by atoms with Crippen molar-refractivity contribution in [1.82, 2.24) is 9.88 Å². The molecule has 0 radical (unpaired) electrons. The molecule has 5 rings (SSSR count). The van der Waals surface area contributed by atoms with E-state index in [4.69, 9.17) is 9.40 Å². The van der Waals surface area contributed by atoms with Gasteiger partial charge >= 0.3 is 0 Å². The summed E-state index contributed by atoms with van der Waals surface area (Å²) in [6, 6.07) is 20.7.